The fourth-order valence-electron chi connectivity index (χ4n) is 3.74. The summed E-state index contributed by atoms with van der Waals surface area (Å²) in [7, 11) is 0. The Balaban J connectivity index is 0.00000192. The zero-order valence-electron chi connectivity index (χ0n) is 13.0. The Labute approximate surface area is 142 Å². The monoisotopic (exact) mass is 342 g/mol. The highest BCUT2D eigenvalue weighted by Crippen LogP contribution is 2.32. The highest BCUT2D eigenvalue weighted by molar-refractivity contribution is 5.85. The van der Waals surface area contributed by atoms with Crippen LogP contribution in [0.3, 0.4) is 0 Å². The van der Waals surface area contributed by atoms with E-state index in [-0.39, 0.29) is 30.4 Å². The summed E-state index contributed by atoms with van der Waals surface area (Å²) in [4.78, 5) is 12.0. The van der Waals surface area contributed by atoms with Crippen LogP contribution < -0.4 is 10.6 Å². The molecule has 2 heterocycles. The molecule has 2 bridgehead atoms. The van der Waals surface area contributed by atoms with Gasteiger partial charge in [0.15, 0.2) is 0 Å². The summed E-state index contributed by atoms with van der Waals surface area (Å²) in [6, 6.07) is 7.24. The van der Waals surface area contributed by atoms with Gasteiger partial charge in [0.25, 0.3) is 0 Å². The molecular formula is C17H24ClFN2O2. The number of fused-ring (bicyclic) bond motifs is 2. The summed E-state index contributed by atoms with van der Waals surface area (Å²) in [6.45, 7) is 0.0532. The van der Waals surface area contributed by atoms with Crippen molar-refractivity contribution in [3.05, 3.63) is 35.6 Å². The molecule has 3 atom stereocenters. The minimum atomic E-state index is -1.01. The predicted molar refractivity (Wildman–Crippen MR) is 88.9 cm³/mol. The van der Waals surface area contributed by atoms with Gasteiger partial charge < -0.3 is 15.7 Å². The number of halogens is 2. The lowest BCUT2D eigenvalue weighted by Crippen LogP contribution is -2.40. The quantitative estimate of drug-likeness (QED) is 0.769. The zero-order valence-corrected chi connectivity index (χ0v) is 13.8. The summed E-state index contributed by atoms with van der Waals surface area (Å²) < 4.78 is 13.6. The summed E-state index contributed by atoms with van der Waals surface area (Å²) in [5, 5.41) is 16.3. The number of amides is 1. The van der Waals surface area contributed by atoms with E-state index in [1.165, 1.54) is 25.0 Å². The van der Waals surface area contributed by atoms with Crippen LogP contribution >= 0.6 is 12.4 Å². The maximum atomic E-state index is 13.6. The summed E-state index contributed by atoms with van der Waals surface area (Å²) in [6.07, 6.45) is 4.04. The molecule has 0 saturated carbocycles. The van der Waals surface area contributed by atoms with Crippen molar-refractivity contribution in [3.8, 4) is 0 Å². The van der Waals surface area contributed by atoms with Gasteiger partial charge in [-0.3, -0.25) is 4.79 Å². The first kappa shape index (κ1) is 18.2. The van der Waals surface area contributed by atoms with Gasteiger partial charge in [0.2, 0.25) is 5.91 Å². The van der Waals surface area contributed by atoms with Crippen LogP contribution in [0.5, 0.6) is 0 Å². The van der Waals surface area contributed by atoms with Crippen molar-refractivity contribution in [2.45, 2.75) is 50.3 Å². The molecule has 2 aliphatic rings. The third-order valence-electron chi connectivity index (χ3n) is 4.80. The van der Waals surface area contributed by atoms with Gasteiger partial charge in [0.05, 0.1) is 6.10 Å². The van der Waals surface area contributed by atoms with Gasteiger partial charge in [-0.15, -0.1) is 12.4 Å². The Kier molecular flexibility index (Phi) is 6.39. The predicted octanol–water partition coefficient (Wildman–Crippen LogP) is 2.32. The van der Waals surface area contributed by atoms with Crippen molar-refractivity contribution in [1.82, 2.24) is 10.6 Å². The van der Waals surface area contributed by atoms with E-state index >= 15 is 0 Å². The van der Waals surface area contributed by atoms with Gasteiger partial charge in [0, 0.05) is 30.6 Å². The number of rotatable bonds is 5. The van der Waals surface area contributed by atoms with Crippen molar-refractivity contribution < 1.29 is 14.3 Å². The largest absolute Gasteiger partial charge is 0.386 e. The smallest absolute Gasteiger partial charge is 0.220 e. The van der Waals surface area contributed by atoms with Crippen LogP contribution in [0.1, 0.15) is 43.8 Å². The molecule has 0 aromatic heterocycles. The number of nitrogens with one attached hydrogen (secondary N) is 2. The highest BCUT2D eigenvalue weighted by Gasteiger charge is 2.34. The molecule has 23 heavy (non-hydrogen) atoms. The fraction of sp³-hybridized carbons (Fsp3) is 0.588. The molecule has 6 heteroatoms. The molecule has 3 N–H and O–H groups in total. The number of carbonyl (C=O) groups is 1. The van der Waals surface area contributed by atoms with E-state index in [1.54, 1.807) is 12.1 Å². The number of aliphatic hydroxyl groups is 1. The van der Waals surface area contributed by atoms with Crippen LogP contribution in [-0.2, 0) is 4.79 Å². The van der Waals surface area contributed by atoms with Crippen LogP contribution in [0, 0.1) is 11.7 Å². The lowest BCUT2D eigenvalue weighted by molar-refractivity contribution is -0.122. The third kappa shape index (κ3) is 4.66. The van der Waals surface area contributed by atoms with E-state index in [2.05, 4.69) is 10.6 Å². The molecule has 2 fully saturated rings. The number of benzene rings is 1. The topological polar surface area (TPSA) is 61.4 Å². The SMILES string of the molecule is Cl.O=C(CC1CC2CCC(C1)N2)NCC(O)c1ccccc1F. The standard InChI is InChI=1S/C17H23FN2O2.ClH/c18-15-4-2-1-3-14(15)16(21)10-19-17(22)9-11-7-12-5-6-13(8-11)20-12;/h1-4,11-13,16,20-21H,5-10H2,(H,19,22);1H. The summed E-state index contributed by atoms with van der Waals surface area (Å²) in [5.41, 5.74) is 0.225. The Bertz CT molecular complexity index is 531. The Hall–Kier alpha value is -1.17. The van der Waals surface area contributed by atoms with Gasteiger partial charge in [-0.2, -0.15) is 0 Å². The minimum Gasteiger partial charge on any atom is -0.386 e. The molecule has 3 rings (SSSR count). The fourth-order valence-corrected chi connectivity index (χ4v) is 3.74. The van der Waals surface area contributed by atoms with Crippen molar-refractivity contribution in [2.24, 2.45) is 5.92 Å². The second-order valence-corrected chi connectivity index (χ2v) is 6.52. The van der Waals surface area contributed by atoms with E-state index in [0.717, 1.165) is 12.8 Å². The molecule has 128 valence electrons. The molecule has 3 unspecified atom stereocenters. The van der Waals surface area contributed by atoms with E-state index in [9.17, 15) is 14.3 Å². The van der Waals surface area contributed by atoms with Gasteiger partial charge in [-0.05, 0) is 37.7 Å². The molecule has 1 aromatic carbocycles. The minimum absolute atomic E-state index is 0. The molecule has 2 aliphatic heterocycles. The molecule has 0 radical (unpaired) electrons. The van der Waals surface area contributed by atoms with Crippen molar-refractivity contribution >= 4 is 18.3 Å². The lowest BCUT2D eigenvalue weighted by Gasteiger charge is -2.28. The maximum absolute atomic E-state index is 13.6. The number of aliphatic hydroxyl groups excluding tert-OH is 1. The van der Waals surface area contributed by atoms with Crippen LogP contribution in [0.4, 0.5) is 4.39 Å². The van der Waals surface area contributed by atoms with Gasteiger partial charge >= 0.3 is 0 Å². The molecule has 4 nitrogen and oxygen atoms in total. The normalized spacial score (nSPS) is 27.1. The molecular weight excluding hydrogens is 319 g/mol. The van der Waals surface area contributed by atoms with E-state index in [1.807, 2.05) is 0 Å². The number of hydrogen-bond acceptors (Lipinski definition) is 3. The second kappa shape index (κ2) is 8.08. The summed E-state index contributed by atoms with van der Waals surface area (Å²) in [5.74, 6) is -0.0785. The number of piperidine rings is 1. The molecule has 1 amide bonds. The average Bonchev–Trinajstić information content (AvgIpc) is 2.84. The molecule has 2 saturated heterocycles. The van der Waals surface area contributed by atoms with Gasteiger partial charge in [0.1, 0.15) is 5.82 Å². The Morgan fingerprint density at radius 1 is 1.30 bits per heavy atom. The van der Waals surface area contributed by atoms with Gasteiger partial charge in [-0.25, -0.2) is 4.39 Å². The first-order valence-corrected chi connectivity index (χ1v) is 8.07. The first-order chi connectivity index (χ1) is 10.6. The van der Waals surface area contributed by atoms with Crippen LogP contribution in [0.25, 0.3) is 0 Å². The molecule has 1 aromatic rings. The van der Waals surface area contributed by atoms with E-state index in [0.29, 0.717) is 24.4 Å². The maximum Gasteiger partial charge on any atom is 0.220 e. The van der Waals surface area contributed by atoms with Crippen molar-refractivity contribution in [2.75, 3.05) is 6.54 Å². The average molecular weight is 343 g/mol. The number of hydrogen-bond donors (Lipinski definition) is 3. The molecule has 0 aliphatic carbocycles. The van der Waals surface area contributed by atoms with Crippen LogP contribution in [0.2, 0.25) is 0 Å². The Morgan fingerprint density at radius 2 is 1.96 bits per heavy atom. The highest BCUT2D eigenvalue weighted by atomic mass is 35.5. The number of carbonyl (C=O) groups excluding carboxylic acids is 1. The van der Waals surface area contributed by atoms with E-state index < -0.39 is 11.9 Å². The van der Waals surface area contributed by atoms with Crippen LogP contribution in [-0.4, -0.2) is 29.6 Å². The first-order valence-electron chi connectivity index (χ1n) is 8.07. The van der Waals surface area contributed by atoms with Crippen molar-refractivity contribution in [3.63, 3.8) is 0 Å². The lowest BCUT2D eigenvalue weighted by atomic mass is 9.89. The molecule has 0 spiro atoms. The van der Waals surface area contributed by atoms with Crippen molar-refractivity contribution in [1.29, 1.82) is 0 Å². The Morgan fingerprint density at radius 3 is 2.61 bits per heavy atom. The zero-order chi connectivity index (χ0) is 15.5. The van der Waals surface area contributed by atoms with Gasteiger partial charge in [-0.1, -0.05) is 18.2 Å². The summed E-state index contributed by atoms with van der Waals surface area (Å²) >= 11 is 0. The van der Waals surface area contributed by atoms with E-state index in [4.69, 9.17) is 0 Å². The third-order valence-corrected chi connectivity index (χ3v) is 4.80. The second-order valence-electron chi connectivity index (χ2n) is 6.52. The van der Waals surface area contributed by atoms with Crippen LogP contribution in [0.15, 0.2) is 24.3 Å².